The third-order valence-corrected chi connectivity index (χ3v) is 9.05. The van der Waals surface area contributed by atoms with Crippen LogP contribution < -0.4 is 10.3 Å². The molecule has 1 saturated heterocycles. The van der Waals surface area contributed by atoms with Crippen LogP contribution in [0.15, 0.2) is 102 Å². The minimum Gasteiger partial charge on any atom is -0.487 e. The number of piperidine rings is 1. The second-order valence-electron chi connectivity index (χ2n) is 11.3. The van der Waals surface area contributed by atoms with E-state index >= 15 is 0 Å². The zero-order valence-electron chi connectivity index (χ0n) is 24.6. The highest BCUT2D eigenvalue weighted by atomic mass is 32.1. The molecular weight excluding hydrogens is 607 g/mol. The molecule has 10 nitrogen and oxygen atoms in total. The number of ether oxygens (including phenoxy) is 1. The number of amides is 1. The monoisotopic (exact) mass is 636 g/mol. The number of carbonyl (C=O) groups is 1. The lowest BCUT2D eigenvalue weighted by molar-refractivity contribution is -0.0299. The Kier molecular flexibility index (Phi) is 7.89. The summed E-state index contributed by atoms with van der Waals surface area (Å²) in [6.45, 7) is 0.954. The standard InChI is InChI=1S/C34H29FN6O4S/c35-25-11-9-24(10-12-25)32(42)39-15-13-34(44,14-16-39)21-40-22-36-30-29(33(40)43)18-37-41(30)27-7-4-8-28(17-27)45-19-26-20-46-31(38-26)23-5-2-1-3-6-23/h1-12,17-18,20,22,44H,13-16,19,21H2. The van der Waals surface area contributed by atoms with Gasteiger partial charge in [0.25, 0.3) is 11.5 Å². The molecule has 0 spiro atoms. The van der Waals surface area contributed by atoms with E-state index in [9.17, 15) is 19.1 Å². The topological polar surface area (TPSA) is 115 Å². The molecule has 46 heavy (non-hydrogen) atoms. The largest absolute Gasteiger partial charge is 0.487 e. The van der Waals surface area contributed by atoms with E-state index in [1.807, 2.05) is 60.0 Å². The molecule has 1 amide bonds. The predicted octanol–water partition coefficient (Wildman–Crippen LogP) is 5.09. The highest BCUT2D eigenvalue weighted by molar-refractivity contribution is 7.13. The normalized spacial score (nSPS) is 14.4. The Labute approximate surface area is 267 Å². The van der Waals surface area contributed by atoms with Crippen molar-refractivity contribution in [1.82, 2.24) is 29.2 Å². The number of hydrogen-bond acceptors (Lipinski definition) is 8. The molecule has 0 atom stereocenters. The lowest BCUT2D eigenvalue weighted by Gasteiger charge is -2.38. The van der Waals surface area contributed by atoms with Crippen molar-refractivity contribution in [2.75, 3.05) is 13.1 Å². The molecule has 3 aromatic heterocycles. The zero-order chi connectivity index (χ0) is 31.7. The average Bonchev–Trinajstić information content (AvgIpc) is 3.74. The van der Waals surface area contributed by atoms with Crippen LogP contribution >= 0.6 is 11.3 Å². The summed E-state index contributed by atoms with van der Waals surface area (Å²) >= 11 is 1.57. The van der Waals surface area contributed by atoms with Crippen LogP contribution in [0, 0.1) is 5.82 Å². The molecule has 0 saturated carbocycles. The van der Waals surface area contributed by atoms with E-state index in [1.54, 1.807) is 20.9 Å². The van der Waals surface area contributed by atoms with Crippen molar-refractivity contribution in [3.05, 3.63) is 124 Å². The van der Waals surface area contributed by atoms with Gasteiger partial charge in [0.05, 0.1) is 29.7 Å². The SMILES string of the molecule is O=C(c1ccc(F)cc1)N1CCC(O)(Cn2cnc3c(cnn3-c3cccc(OCc4csc(-c5ccccc5)n4)c3)c2=O)CC1. The molecule has 0 aliphatic carbocycles. The second kappa shape index (κ2) is 12.3. The molecule has 6 aromatic rings. The van der Waals surface area contributed by atoms with Gasteiger partial charge in [-0.2, -0.15) is 5.10 Å². The van der Waals surface area contributed by atoms with Gasteiger partial charge < -0.3 is 14.7 Å². The van der Waals surface area contributed by atoms with E-state index < -0.39 is 11.4 Å². The van der Waals surface area contributed by atoms with Crippen molar-refractivity contribution in [2.45, 2.75) is 31.6 Å². The Hall–Kier alpha value is -5.20. The van der Waals surface area contributed by atoms with Crippen LogP contribution in [0.25, 0.3) is 27.3 Å². The number of rotatable bonds is 8. The fraction of sp³-hybridized carbons (Fsp3) is 0.206. The number of likely N-dealkylation sites (tertiary alicyclic amines) is 1. The van der Waals surface area contributed by atoms with Crippen LogP contribution in [0.2, 0.25) is 0 Å². The van der Waals surface area contributed by atoms with Crippen molar-refractivity contribution in [3.8, 4) is 22.0 Å². The fourth-order valence-corrected chi connectivity index (χ4v) is 6.39. The number of aliphatic hydroxyl groups is 1. The van der Waals surface area contributed by atoms with Crippen molar-refractivity contribution in [3.63, 3.8) is 0 Å². The van der Waals surface area contributed by atoms with Gasteiger partial charge in [0.1, 0.15) is 34.9 Å². The second-order valence-corrected chi connectivity index (χ2v) is 12.1. The third-order valence-electron chi connectivity index (χ3n) is 8.11. The van der Waals surface area contributed by atoms with Crippen molar-refractivity contribution < 1.29 is 19.0 Å². The van der Waals surface area contributed by atoms with Crippen LogP contribution in [-0.4, -0.2) is 58.9 Å². The van der Waals surface area contributed by atoms with E-state index in [0.717, 1.165) is 16.3 Å². The number of nitrogens with zero attached hydrogens (tertiary/aromatic N) is 6. The van der Waals surface area contributed by atoms with Gasteiger partial charge >= 0.3 is 0 Å². The smallest absolute Gasteiger partial charge is 0.264 e. The van der Waals surface area contributed by atoms with Gasteiger partial charge in [0, 0.05) is 35.7 Å². The maximum Gasteiger partial charge on any atom is 0.264 e. The lowest BCUT2D eigenvalue weighted by Crippen LogP contribution is -2.49. The fourth-order valence-electron chi connectivity index (χ4n) is 5.58. The van der Waals surface area contributed by atoms with Crippen LogP contribution in [-0.2, 0) is 13.2 Å². The van der Waals surface area contributed by atoms with E-state index in [-0.39, 0.29) is 30.9 Å². The summed E-state index contributed by atoms with van der Waals surface area (Å²) in [6, 6.07) is 22.8. The Balaban J connectivity index is 1.02. The minimum absolute atomic E-state index is 0.0322. The summed E-state index contributed by atoms with van der Waals surface area (Å²) in [6.07, 6.45) is 3.46. The summed E-state index contributed by atoms with van der Waals surface area (Å²) in [5, 5.41) is 19.0. The minimum atomic E-state index is -1.19. The Bertz CT molecular complexity index is 2070. The summed E-state index contributed by atoms with van der Waals surface area (Å²) in [4.78, 5) is 37.1. The first-order chi connectivity index (χ1) is 22.3. The first-order valence-electron chi connectivity index (χ1n) is 14.8. The molecule has 0 unspecified atom stereocenters. The molecule has 3 aromatic carbocycles. The molecule has 0 radical (unpaired) electrons. The van der Waals surface area contributed by atoms with E-state index in [4.69, 9.17) is 4.74 Å². The number of benzene rings is 3. The van der Waals surface area contributed by atoms with Gasteiger partial charge in [0.15, 0.2) is 5.65 Å². The number of thiazole rings is 1. The highest BCUT2D eigenvalue weighted by Crippen LogP contribution is 2.27. The van der Waals surface area contributed by atoms with Gasteiger partial charge in [-0.3, -0.25) is 14.2 Å². The zero-order valence-corrected chi connectivity index (χ0v) is 25.4. The maximum atomic E-state index is 13.4. The quantitative estimate of drug-likeness (QED) is 0.248. The molecular formula is C34H29FN6O4S. The molecule has 1 aliphatic rings. The highest BCUT2D eigenvalue weighted by Gasteiger charge is 2.35. The van der Waals surface area contributed by atoms with E-state index in [2.05, 4.69) is 15.1 Å². The summed E-state index contributed by atoms with van der Waals surface area (Å²) in [5.74, 6) is -0.00560. The van der Waals surface area contributed by atoms with Crippen molar-refractivity contribution >= 4 is 28.3 Å². The third kappa shape index (κ3) is 6.04. The Morgan fingerprint density at radius 2 is 1.80 bits per heavy atom. The van der Waals surface area contributed by atoms with Gasteiger partial charge in [-0.05, 0) is 49.2 Å². The number of halogens is 1. The molecule has 0 bridgehead atoms. The Morgan fingerprint density at radius 3 is 2.59 bits per heavy atom. The molecule has 12 heteroatoms. The first kappa shape index (κ1) is 29.5. The van der Waals surface area contributed by atoms with Crippen molar-refractivity contribution in [1.29, 1.82) is 0 Å². The number of aromatic nitrogens is 5. The van der Waals surface area contributed by atoms with Crippen molar-refractivity contribution in [2.24, 2.45) is 0 Å². The molecule has 4 heterocycles. The average molecular weight is 637 g/mol. The number of hydrogen-bond donors (Lipinski definition) is 1. The number of carbonyl (C=O) groups excluding carboxylic acids is 1. The summed E-state index contributed by atoms with van der Waals surface area (Å²) in [7, 11) is 0. The van der Waals surface area contributed by atoms with E-state index in [0.29, 0.717) is 47.7 Å². The maximum absolute atomic E-state index is 13.4. The number of fused-ring (bicyclic) bond motifs is 1. The molecule has 1 aliphatic heterocycles. The van der Waals surface area contributed by atoms with Crippen LogP contribution in [0.5, 0.6) is 5.75 Å². The molecule has 1 N–H and O–H groups in total. The summed E-state index contributed by atoms with van der Waals surface area (Å²) in [5.41, 5.74) is 1.83. The van der Waals surface area contributed by atoms with Crippen LogP contribution in [0.1, 0.15) is 28.9 Å². The van der Waals surface area contributed by atoms with Gasteiger partial charge in [-0.15, -0.1) is 11.3 Å². The predicted molar refractivity (Wildman–Crippen MR) is 171 cm³/mol. The first-order valence-corrected chi connectivity index (χ1v) is 15.7. The van der Waals surface area contributed by atoms with Crippen LogP contribution in [0.3, 0.4) is 0 Å². The Morgan fingerprint density at radius 1 is 1.02 bits per heavy atom. The molecule has 7 rings (SSSR count). The van der Waals surface area contributed by atoms with Gasteiger partial charge in [-0.1, -0.05) is 36.4 Å². The van der Waals surface area contributed by atoms with E-state index in [1.165, 1.54) is 41.4 Å². The lowest BCUT2D eigenvalue weighted by atomic mass is 9.91. The molecule has 232 valence electrons. The van der Waals surface area contributed by atoms with Crippen LogP contribution in [0.4, 0.5) is 4.39 Å². The summed E-state index contributed by atoms with van der Waals surface area (Å²) < 4.78 is 22.3. The molecule has 1 fully saturated rings. The van der Waals surface area contributed by atoms with Gasteiger partial charge in [0.2, 0.25) is 0 Å². The van der Waals surface area contributed by atoms with Gasteiger partial charge in [-0.25, -0.2) is 19.0 Å².